The summed E-state index contributed by atoms with van der Waals surface area (Å²) in [4.78, 5) is 42.2. The van der Waals surface area contributed by atoms with E-state index in [9.17, 15) is 14.4 Å². The minimum atomic E-state index is -1.01. The first-order valence-electron chi connectivity index (χ1n) is 13.8. The molecule has 0 bridgehead atoms. The highest BCUT2D eigenvalue weighted by Gasteiger charge is 2.50. The number of nitrogens with one attached hydrogen (secondary N) is 1. The first-order valence-corrected chi connectivity index (χ1v) is 13.8. The normalized spacial score (nSPS) is 19.1. The summed E-state index contributed by atoms with van der Waals surface area (Å²) in [6.45, 7) is 12.2. The molecule has 0 aromatic heterocycles. The van der Waals surface area contributed by atoms with E-state index < -0.39 is 47.8 Å². The zero-order valence-corrected chi connectivity index (χ0v) is 25.9. The number of hydrogen-bond acceptors (Lipinski definition) is 10. The van der Waals surface area contributed by atoms with Gasteiger partial charge in [-0.05, 0) is 79.8 Å². The predicted molar refractivity (Wildman–Crippen MR) is 152 cm³/mol. The van der Waals surface area contributed by atoms with Crippen molar-refractivity contribution in [2.45, 2.75) is 77.4 Å². The van der Waals surface area contributed by atoms with Crippen LogP contribution in [0.15, 0.2) is 24.3 Å². The first kappa shape index (κ1) is 34.0. The zero-order chi connectivity index (χ0) is 30.8. The van der Waals surface area contributed by atoms with E-state index in [2.05, 4.69) is 5.32 Å². The van der Waals surface area contributed by atoms with Gasteiger partial charge in [-0.25, -0.2) is 14.4 Å². The fraction of sp³-hybridized carbons (Fsp3) is 0.690. The maximum atomic E-state index is 13.3. The number of methoxy groups -OCH3 is 1. The van der Waals surface area contributed by atoms with Gasteiger partial charge in [0.25, 0.3) is 0 Å². The summed E-state index contributed by atoms with van der Waals surface area (Å²) in [6.07, 6.45) is -3.98. The Balaban J connectivity index is 2.28. The minimum Gasteiger partial charge on any atom is -0.497 e. The van der Waals surface area contributed by atoms with E-state index in [0.29, 0.717) is 25.4 Å². The van der Waals surface area contributed by atoms with Crippen molar-refractivity contribution in [3.63, 3.8) is 0 Å². The van der Waals surface area contributed by atoms with Crippen LogP contribution in [0.4, 0.5) is 14.4 Å². The molecule has 232 valence electrons. The Morgan fingerprint density at radius 1 is 0.951 bits per heavy atom. The SMILES string of the molecule is COc1ccc(C[C@@H]2[C@H](OC(=O)NCCOCCN(C)C)[C@@H](OC(=O)OC(C)(C)C)CN2C(=O)OC(C)(C)C)cc1. The number of carbonyl (C=O) groups excluding carboxylic acids is 3. The molecule has 0 spiro atoms. The van der Waals surface area contributed by atoms with Crippen LogP contribution in [-0.2, 0) is 30.1 Å². The fourth-order valence-corrected chi connectivity index (χ4v) is 4.01. The van der Waals surface area contributed by atoms with Crippen LogP contribution in [0, 0.1) is 0 Å². The molecule has 2 rings (SSSR count). The highest BCUT2D eigenvalue weighted by Crippen LogP contribution is 2.30. The Labute approximate surface area is 243 Å². The van der Waals surface area contributed by atoms with Crippen LogP contribution in [0.5, 0.6) is 5.75 Å². The van der Waals surface area contributed by atoms with Crippen molar-refractivity contribution in [2.75, 3.05) is 54.1 Å². The number of alkyl carbamates (subject to hydrolysis) is 1. The number of rotatable bonds is 11. The summed E-state index contributed by atoms with van der Waals surface area (Å²) in [6, 6.07) is 6.62. The van der Waals surface area contributed by atoms with Crippen molar-refractivity contribution >= 4 is 18.3 Å². The Hall–Kier alpha value is -3.25. The number of likely N-dealkylation sites (tertiary alicyclic amines) is 1. The number of likely N-dealkylation sites (N-methyl/N-ethyl adjacent to an activating group) is 1. The molecule has 12 heteroatoms. The number of amides is 2. The summed E-state index contributed by atoms with van der Waals surface area (Å²) in [7, 11) is 5.46. The van der Waals surface area contributed by atoms with Gasteiger partial charge in [-0.1, -0.05) is 12.1 Å². The Bertz CT molecular complexity index is 987. The van der Waals surface area contributed by atoms with Gasteiger partial charge >= 0.3 is 18.3 Å². The molecule has 1 N–H and O–H groups in total. The number of hydrogen-bond donors (Lipinski definition) is 1. The predicted octanol–water partition coefficient (Wildman–Crippen LogP) is 3.85. The summed E-state index contributed by atoms with van der Waals surface area (Å²) >= 11 is 0. The van der Waals surface area contributed by atoms with Crippen molar-refractivity contribution in [3.8, 4) is 5.75 Å². The molecule has 1 aliphatic heterocycles. The molecule has 0 aliphatic carbocycles. The second kappa shape index (κ2) is 15.1. The third-order valence-corrected chi connectivity index (χ3v) is 5.83. The Kier molecular flexibility index (Phi) is 12.5. The number of benzene rings is 1. The van der Waals surface area contributed by atoms with Gasteiger partial charge in [0.1, 0.15) is 17.0 Å². The summed E-state index contributed by atoms with van der Waals surface area (Å²) in [5.74, 6) is 0.676. The number of ether oxygens (including phenoxy) is 6. The van der Waals surface area contributed by atoms with Gasteiger partial charge in [0, 0.05) is 13.1 Å². The van der Waals surface area contributed by atoms with Crippen LogP contribution in [0.2, 0.25) is 0 Å². The molecule has 1 fully saturated rings. The van der Waals surface area contributed by atoms with Crippen LogP contribution in [0.3, 0.4) is 0 Å². The van der Waals surface area contributed by atoms with E-state index in [-0.39, 0.29) is 13.1 Å². The van der Waals surface area contributed by atoms with Crippen molar-refractivity contribution < 1.29 is 42.8 Å². The molecule has 0 saturated carbocycles. The van der Waals surface area contributed by atoms with Crippen LogP contribution >= 0.6 is 0 Å². The van der Waals surface area contributed by atoms with E-state index in [1.807, 2.05) is 31.1 Å². The summed E-state index contributed by atoms with van der Waals surface area (Å²) in [5, 5.41) is 2.67. The maximum Gasteiger partial charge on any atom is 0.509 e. The van der Waals surface area contributed by atoms with Crippen LogP contribution < -0.4 is 10.1 Å². The van der Waals surface area contributed by atoms with Gasteiger partial charge in [-0.15, -0.1) is 0 Å². The molecule has 0 radical (unpaired) electrons. The molecule has 1 aliphatic rings. The molecule has 12 nitrogen and oxygen atoms in total. The van der Waals surface area contributed by atoms with Gasteiger partial charge in [0.05, 0.1) is 32.9 Å². The Morgan fingerprint density at radius 3 is 2.15 bits per heavy atom. The van der Waals surface area contributed by atoms with E-state index in [1.54, 1.807) is 60.8 Å². The second-order valence-corrected chi connectivity index (χ2v) is 12.1. The quantitative estimate of drug-likeness (QED) is 0.234. The lowest BCUT2D eigenvalue weighted by atomic mass is 10.0. The first-order chi connectivity index (χ1) is 19.1. The Morgan fingerprint density at radius 2 is 1.59 bits per heavy atom. The lowest BCUT2D eigenvalue weighted by Gasteiger charge is -2.30. The third-order valence-electron chi connectivity index (χ3n) is 5.83. The molecule has 1 aromatic carbocycles. The summed E-state index contributed by atoms with van der Waals surface area (Å²) < 4.78 is 33.2. The molecule has 1 saturated heterocycles. The molecule has 41 heavy (non-hydrogen) atoms. The van der Waals surface area contributed by atoms with Gasteiger partial charge in [-0.3, -0.25) is 4.90 Å². The molecular weight excluding hydrogens is 534 g/mol. The number of carbonyl (C=O) groups is 3. The van der Waals surface area contributed by atoms with E-state index in [1.165, 1.54) is 4.90 Å². The molecule has 3 atom stereocenters. The second-order valence-electron chi connectivity index (χ2n) is 12.1. The molecule has 0 unspecified atom stereocenters. The lowest BCUT2D eigenvalue weighted by Crippen LogP contribution is -2.46. The smallest absolute Gasteiger partial charge is 0.497 e. The highest BCUT2D eigenvalue weighted by molar-refractivity contribution is 5.71. The van der Waals surface area contributed by atoms with Crippen molar-refractivity contribution in [2.24, 2.45) is 0 Å². The van der Waals surface area contributed by atoms with Crippen molar-refractivity contribution in [1.29, 1.82) is 0 Å². The van der Waals surface area contributed by atoms with Gasteiger partial charge in [-0.2, -0.15) is 0 Å². The average molecular weight is 582 g/mol. The van der Waals surface area contributed by atoms with E-state index in [0.717, 1.165) is 12.1 Å². The van der Waals surface area contributed by atoms with Crippen LogP contribution in [-0.4, -0.2) is 112 Å². The van der Waals surface area contributed by atoms with Crippen molar-refractivity contribution in [3.05, 3.63) is 29.8 Å². The third kappa shape index (κ3) is 12.4. The zero-order valence-electron chi connectivity index (χ0n) is 25.9. The van der Waals surface area contributed by atoms with Gasteiger partial charge < -0.3 is 38.6 Å². The molecule has 2 amide bonds. The lowest BCUT2D eigenvalue weighted by molar-refractivity contribution is -0.0519. The van der Waals surface area contributed by atoms with Crippen LogP contribution in [0.25, 0.3) is 0 Å². The number of nitrogens with zero attached hydrogens (tertiary/aromatic N) is 2. The van der Waals surface area contributed by atoms with Gasteiger partial charge in [0.15, 0.2) is 12.2 Å². The fourth-order valence-electron chi connectivity index (χ4n) is 4.01. The summed E-state index contributed by atoms with van der Waals surface area (Å²) in [5.41, 5.74) is -0.722. The molecule has 1 aromatic rings. The monoisotopic (exact) mass is 581 g/mol. The average Bonchev–Trinajstić information content (AvgIpc) is 3.15. The van der Waals surface area contributed by atoms with E-state index >= 15 is 0 Å². The topological polar surface area (TPSA) is 125 Å². The standard InChI is InChI=1S/C29H47N3O9/c1-28(2,3)40-26(34)32-19-23(38-27(35)41-29(4,5)6)24(22(32)18-20-10-12-21(36-9)13-11-20)39-25(33)30-14-16-37-17-15-31(7)8/h10-13,22-24H,14-19H2,1-9H3,(H,30,33)/t22-,23+,24+/m1/s1. The van der Waals surface area contributed by atoms with Gasteiger partial charge in [0.2, 0.25) is 0 Å². The molecule has 1 heterocycles. The highest BCUT2D eigenvalue weighted by atomic mass is 16.7. The largest absolute Gasteiger partial charge is 0.509 e. The molecular formula is C29H47N3O9. The van der Waals surface area contributed by atoms with Crippen LogP contribution in [0.1, 0.15) is 47.1 Å². The van der Waals surface area contributed by atoms with Crippen molar-refractivity contribution in [1.82, 2.24) is 15.1 Å². The van der Waals surface area contributed by atoms with E-state index in [4.69, 9.17) is 28.4 Å². The maximum absolute atomic E-state index is 13.3. The minimum absolute atomic E-state index is 0.0550.